The molecule has 0 bridgehead atoms. The first-order valence-electron chi connectivity index (χ1n) is 12.7. The van der Waals surface area contributed by atoms with Gasteiger partial charge in [-0.25, -0.2) is 4.79 Å². The standard InChI is InChI=1S/C30H34N4O4/c1-30(2,31)18-27(35)33-24-17-16-22-8-4-6-10-25(22)34(28(24)36)19-20-12-14-21(15-13-20)23-9-5-7-11-26(23)38-29(37)32-3/h4-15,24H,16-19,31H2,1-3H3,(H,32,37)(H,33,35)/t24-/m1/s1. The molecule has 0 unspecified atom stereocenters. The third-order valence-electron chi connectivity index (χ3n) is 6.40. The first-order valence-corrected chi connectivity index (χ1v) is 12.7. The fourth-order valence-corrected chi connectivity index (χ4v) is 4.59. The van der Waals surface area contributed by atoms with Crippen molar-refractivity contribution in [3.63, 3.8) is 0 Å². The number of anilines is 1. The summed E-state index contributed by atoms with van der Waals surface area (Å²) in [4.78, 5) is 39.8. The van der Waals surface area contributed by atoms with E-state index in [-0.39, 0.29) is 18.2 Å². The van der Waals surface area contributed by atoms with Crippen LogP contribution in [0.1, 0.15) is 37.8 Å². The molecule has 1 aliphatic rings. The van der Waals surface area contributed by atoms with E-state index in [1.54, 1.807) is 24.8 Å². The smallest absolute Gasteiger partial charge is 0.410 e. The second-order valence-electron chi connectivity index (χ2n) is 10.2. The fourth-order valence-electron chi connectivity index (χ4n) is 4.59. The number of carbonyl (C=O) groups is 3. The molecule has 0 radical (unpaired) electrons. The van der Waals surface area contributed by atoms with Gasteiger partial charge in [0.1, 0.15) is 11.8 Å². The normalized spacial score (nSPS) is 15.3. The molecule has 0 saturated heterocycles. The maximum atomic E-state index is 13.7. The molecule has 8 nitrogen and oxygen atoms in total. The van der Waals surface area contributed by atoms with Gasteiger partial charge in [0.2, 0.25) is 11.8 Å². The lowest BCUT2D eigenvalue weighted by Gasteiger charge is -2.27. The molecule has 8 heteroatoms. The summed E-state index contributed by atoms with van der Waals surface area (Å²) in [5.74, 6) is 0.0748. The molecular formula is C30H34N4O4. The highest BCUT2D eigenvalue weighted by atomic mass is 16.6. The molecule has 198 valence electrons. The highest BCUT2D eigenvalue weighted by molar-refractivity contribution is 6.00. The number of ether oxygens (including phenoxy) is 1. The summed E-state index contributed by atoms with van der Waals surface area (Å²) in [5, 5.41) is 5.38. The molecule has 3 amide bonds. The second kappa shape index (κ2) is 11.5. The summed E-state index contributed by atoms with van der Waals surface area (Å²) in [6.07, 6.45) is 0.792. The second-order valence-corrected chi connectivity index (χ2v) is 10.2. The maximum Gasteiger partial charge on any atom is 0.412 e. The van der Waals surface area contributed by atoms with E-state index in [1.165, 1.54) is 7.05 Å². The number of nitrogens with zero attached hydrogens (tertiary/aromatic N) is 1. The van der Waals surface area contributed by atoms with Gasteiger partial charge in [-0.2, -0.15) is 0 Å². The number of amides is 3. The first-order chi connectivity index (χ1) is 18.1. The average molecular weight is 515 g/mol. The van der Waals surface area contributed by atoms with Gasteiger partial charge in [-0.1, -0.05) is 60.7 Å². The Kier molecular flexibility index (Phi) is 8.12. The third-order valence-corrected chi connectivity index (χ3v) is 6.40. The van der Waals surface area contributed by atoms with Crippen LogP contribution in [0.25, 0.3) is 11.1 Å². The van der Waals surface area contributed by atoms with Crippen LogP contribution in [0.3, 0.4) is 0 Å². The minimum atomic E-state index is -0.660. The van der Waals surface area contributed by atoms with Crippen LogP contribution in [0.4, 0.5) is 10.5 Å². The Morgan fingerprint density at radius 1 is 1.03 bits per heavy atom. The van der Waals surface area contributed by atoms with Crippen molar-refractivity contribution in [1.82, 2.24) is 10.6 Å². The van der Waals surface area contributed by atoms with E-state index in [9.17, 15) is 14.4 Å². The highest BCUT2D eigenvalue weighted by Crippen LogP contribution is 2.32. The Hall–Kier alpha value is -4.17. The van der Waals surface area contributed by atoms with E-state index in [0.717, 1.165) is 27.9 Å². The van der Waals surface area contributed by atoms with E-state index in [0.29, 0.717) is 25.1 Å². The molecule has 38 heavy (non-hydrogen) atoms. The van der Waals surface area contributed by atoms with Crippen molar-refractivity contribution in [2.75, 3.05) is 11.9 Å². The molecule has 0 aliphatic carbocycles. The Morgan fingerprint density at radius 3 is 2.42 bits per heavy atom. The molecule has 4 rings (SSSR count). The Balaban J connectivity index is 1.57. The number of nitrogens with two attached hydrogens (primary N) is 1. The maximum absolute atomic E-state index is 13.7. The van der Waals surface area contributed by atoms with Crippen molar-refractivity contribution < 1.29 is 19.1 Å². The molecular weight excluding hydrogens is 480 g/mol. The van der Waals surface area contributed by atoms with Gasteiger partial charge in [-0.05, 0) is 55.5 Å². The van der Waals surface area contributed by atoms with Crippen LogP contribution in [-0.4, -0.2) is 36.5 Å². The van der Waals surface area contributed by atoms with Crippen molar-refractivity contribution in [2.24, 2.45) is 5.73 Å². The number of hydrogen-bond acceptors (Lipinski definition) is 5. The lowest BCUT2D eigenvalue weighted by molar-refractivity contribution is -0.128. The van der Waals surface area contributed by atoms with Crippen molar-refractivity contribution in [2.45, 2.75) is 51.2 Å². The van der Waals surface area contributed by atoms with Gasteiger partial charge in [0.15, 0.2) is 0 Å². The Labute approximate surface area is 223 Å². The predicted octanol–water partition coefficient (Wildman–Crippen LogP) is 4.16. The van der Waals surface area contributed by atoms with Crippen LogP contribution in [0.2, 0.25) is 0 Å². The molecule has 1 heterocycles. The van der Waals surface area contributed by atoms with E-state index >= 15 is 0 Å². The number of benzene rings is 3. The molecule has 1 aliphatic heterocycles. The Morgan fingerprint density at radius 2 is 1.71 bits per heavy atom. The first kappa shape index (κ1) is 26.9. The van der Waals surface area contributed by atoms with Crippen LogP contribution >= 0.6 is 0 Å². The van der Waals surface area contributed by atoms with Crippen molar-refractivity contribution in [3.05, 3.63) is 83.9 Å². The molecule has 4 N–H and O–H groups in total. The third kappa shape index (κ3) is 6.58. The minimum absolute atomic E-state index is 0.135. The molecule has 0 aromatic heterocycles. The summed E-state index contributed by atoms with van der Waals surface area (Å²) < 4.78 is 5.40. The van der Waals surface area contributed by atoms with Crippen molar-refractivity contribution in [1.29, 1.82) is 0 Å². The van der Waals surface area contributed by atoms with Gasteiger partial charge < -0.3 is 26.0 Å². The summed E-state index contributed by atoms with van der Waals surface area (Å²) in [7, 11) is 1.51. The van der Waals surface area contributed by atoms with Crippen molar-refractivity contribution >= 4 is 23.6 Å². The van der Waals surface area contributed by atoms with E-state index in [2.05, 4.69) is 10.6 Å². The molecule has 3 aromatic rings. The number of para-hydroxylation sites is 2. The van der Waals surface area contributed by atoms with Crippen LogP contribution in [0.15, 0.2) is 72.8 Å². The monoisotopic (exact) mass is 514 g/mol. The quantitative estimate of drug-likeness (QED) is 0.438. The summed E-state index contributed by atoms with van der Waals surface area (Å²) in [6, 6.07) is 22.3. The molecule has 0 saturated carbocycles. The van der Waals surface area contributed by atoms with Crippen LogP contribution in [-0.2, 0) is 22.6 Å². The zero-order chi connectivity index (χ0) is 27.3. The summed E-state index contributed by atoms with van der Waals surface area (Å²) in [6.45, 7) is 3.92. The van der Waals surface area contributed by atoms with Gasteiger partial charge in [0, 0.05) is 30.3 Å². The number of nitrogens with one attached hydrogen (secondary N) is 2. The topological polar surface area (TPSA) is 114 Å². The van der Waals surface area contributed by atoms with E-state index in [4.69, 9.17) is 10.5 Å². The van der Waals surface area contributed by atoms with Crippen LogP contribution < -0.4 is 26.0 Å². The molecule has 0 fully saturated rings. The SMILES string of the molecule is CNC(=O)Oc1ccccc1-c1ccc(CN2C(=O)[C@H](NC(=O)CC(C)(C)N)CCc3ccccc32)cc1. The molecule has 3 aromatic carbocycles. The predicted molar refractivity (Wildman–Crippen MR) is 148 cm³/mol. The molecule has 1 atom stereocenters. The van der Waals surface area contributed by atoms with Crippen LogP contribution in [0.5, 0.6) is 5.75 Å². The fraction of sp³-hybridized carbons (Fsp3) is 0.300. The van der Waals surface area contributed by atoms with E-state index < -0.39 is 17.7 Å². The lowest BCUT2D eigenvalue weighted by atomic mass is 10.0. The van der Waals surface area contributed by atoms with Crippen LogP contribution in [0, 0.1) is 0 Å². The zero-order valence-corrected chi connectivity index (χ0v) is 22.0. The number of fused-ring (bicyclic) bond motifs is 1. The molecule has 0 spiro atoms. The zero-order valence-electron chi connectivity index (χ0n) is 22.0. The number of carbonyl (C=O) groups excluding carboxylic acids is 3. The Bertz CT molecular complexity index is 1310. The van der Waals surface area contributed by atoms with Gasteiger partial charge in [0.05, 0.1) is 6.54 Å². The number of aryl methyl sites for hydroxylation is 1. The van der Waals surface area contributed by atoms with Gasteiger partial charge in [0.25, 0.3) is 0 Å². The lowest BCUT2D eigenvalue weighted by Crippen LogP contribution is -2.49. The van der Waals surface area contributed by atoms with Gasteiger partial charge in [-0.15, -0.1) is 0 Å². The number of rotatable bonds is 7. The van der Waals surface area contributed by atoms with E-state index in [1.807, 2.05) is 66.7 Å². The van der Waals surface area contributed by atoms with Crippen molar-refractivity contribution in [3.8, 4) is 16.9 Å². The highest BCUT2D eigenvalue weighted by Gasteiger charge is 2.32. The summed E-state index contributed by atoms with van der Waals surface area (Å²) >= 11 is 0. The number of hydrogen-bond donors (Lipinski definition) is 3. The minimum Gasteiger partial charge on any atom is -0.410 e. The van der Waals surface area contributed by atoms with Gasteiger partial charge in [-0.3, -0.25) is 9.59 Å². The largest absolute Gasteiger partial charge is 0.412 e. The average Bonchev–Trinajstić information content (AvgIpc) is 3.01. The van der Waals surface area contributed by atoms with Gasteiger partial charge >= 0.3 is 6.09 Å². The summed E-state index contributed by atoms with van der Waals surface area (Å²) in [5.41, 5.74) is 9.86.